The van der Waals surface area contributed by atoms with E-state index in [1.165, 1.54) is 12.8 Å². The molecule has 1 aromatic rings. The molecule has 1 aromatic heterocycles. The third-order valence-electron chi connectivity index (χ3n) is 7.02. The lowest BCUT2D eigenvalue weighted by Gasteiger charge is -2.34. The number of quaternary nitrogens is 1. The van der Waals surface area contributed by atoms with E-state index >= 15 is 0 Å². The van der Waals surface area contributed by atoms with Crippen LogP contribution in [0.5, 0.6) is 0 Å². The number of nitrogens with one attached hydrogen (secondary N) is 2. The monoisotopic (exact) mass is 425 g/mol. The van der Waals surface area contributed by atoms with Gasteiger partial charge in [0.15, 0.2) is 16.4 Å². The Bertz CT molecular complexity index is 848. The highest BCUT2D eigenvalue weighted by Crippen LogP contribution is 2.29. The van der Waals surface area contributed by atoms with Gasteiger partial charge in [-0.25, -0.2) is 8.42 Å². The molecule has 2 N–H and O–H groups in total. The van der Waals surface area contributed by atoms with Crippen LogP contribution in [0.15, 0.2) is 0 Å². The number of sulfone groups is 1. The molecule has 1 aliphatic carbocycles. The molecule has 1 saturated carbocycles. The molecule has 2 heterocycles. The maximum atomic E-state index is 12.6. The van der Waals surface area contributed by atoms with E-state index in [2.05, 4.69) is 24.3 Å². The predicted molar refractivity (Wildman–Crippen MR) is 114 cm³/mol. The second-order valence-corrected chi connectivity index (χ2v) is 11.6. The van der Waals surface area contributed by atoms with Gasteiger partial charge in [-0.05, 0) is 38.5 Å². The molecule has 5 atom stereocenters. The lowest BCUT2D eigenvalue weighted by atomic mass is 9.78. The van der Waals surface area contributed by atoms with Crippen LogP contribution in [-0.4, -0.2) is 55.2 Å². The van der Waals surface area contributed by atoms with Crippen LogP contribution in [0.25, 0.3) is 0 Å². The number of likely N-dealkylation sites (N-methyl/N-ethyl adjacent to an activating group) is 1. The molecule has 1 aliphatic heterocycles. The Labute approximate surface area is 175 Å². The molecule has 1 amide bonds. The number of rotatable bonds is 6. The van der Waals surface area contributed by atoms with Crippen molar-refractivity contribution in [3.05, 3.63) is 17.0 Å². The first-order valence-corrected chi connectivity index (χ1v) is 12.7. The van der Waals surface area contributed by atoms with Crippen LogP contribution in [0.1, 0.15) is 62.5 Å². The topological polar surface area (TPSA) is 85.5 Å². The van der Waals surface area contributed by atoms with Gasteiger partial charge in [-0.15, -0.1) is 0 Å². The van der Waals surface area contributed by atoms with Crippen LogP contribution in [0.4, 0.5) is 0 Å². The van der Waals surface area contributed by atoms with Gasteiger partial charge in [0.1, 0.15) is 6.54 Å². The minimum absolute atomic E-state index is 0.0640. The Hall–Kier alpha value is -1.41. The summed E-state index contributed by atoms with van der Waals surface area (Å²) in [5, 5.41) is 7.90. The molecule has 8 heteroatoms. The molecule has 0 radical (unpaired) electrons. The minimum Gasteiger partial charge on any atom is -0.348 e. The van der Waals surface area contributed by atoms with Crippen molar-refractivity contribution in [2.45, 2.75) is 72.0 Å². The summed E-state index contributed by atoms with van der Waals surface area (Å²) < 4.78 is 25.6. The van der Waals surface area contributed by atoms with Gasteiger partial charge in [-0.3, -0.25) is 9.48 Å². The van der Waals surface area contributed by atoms with Crippen LogP contribution in [0, 0.1) is 25.7 Å². The Morgan fingerprint density at radius 1 is 1.24 bits per heavy atom. The highest BCUT2D eigenvalue weighted by Gasteiger charge is 2.32. The summed E-state index contributed by atoms with van der Waals surface area (Å²) in [6.45, 7) is 9.65. The van der Waals surface area contributed by atoms with Crippen LogP contribution in [-0.2, 0) is 21.2 Å². The molecule has 2 fully saturated rings. The second kappa shape index (κ2) is 8.76. The van der Waals surface area contributed by atoms with Crippen LogP contribution in [0.3, 0.4) is 0 Å². The van der Waals surface area contributed by atoms with Crippen LogP contribution < -0.4 is 10.2 Å². The lowest BCUT2D eigenvalue weighted by molar-refractivity contribution is -0.885. The summed E-state index contributed by atoms with van der Waals surface area (Å²) in [5.74, 6) is 1.72. The first-order chi connectivity index (χ1) is 13.6. The number of aromatic nitrogens is 2. The van der Waals surface area contributed by atoms with Crippen molar-refractivity contribution in [1.29, 1.82) is 0 Å². The van der Waals surface area contributed by atoms with Crippen LogP contribution >= 0.6 is 0 Å². The Morgan fingerprint density at radius 3 is 2.62 bits per heavy atom. The Kier molecular flexibility index (Phi) is 6.73. The van der Waals surface area contributed by atoms with Crippen molar-refractivity contribution in [3.8, 4) is 0 Å². The molecular weight excluding hydrogens is 388 g/mol. The van der Waals surface area contributed by atoms with Gasteiger partial charge in [0.25, 0.3) is 5.91 Å². The normalized spacial score (nSPS) is 30.2. The zero-order chi connectivity index (χ0) is 21.3. The third-order valence-corrected chi connectivity index (χ3v) is 8.77. The van der Waals surface area contributed by atoms with Gasteiger partial charge in [-0.2, -0.15) is 5.10 Å². The van der Waals surface area contributed by atoms with Gasteiger partial charge in [0.2, 0.25) is 0 Å². The fourth-order valence-corrected chi connectivity index (χ4v) is 6.65. The zero-order valence-electron chi connectivity index (χ0n) is 18.5. The maximum absolute atomic E-state index is 12.6. The van der Waals surface area contributed by atoms with Gasteiger partial charge in [0, 0.05) is 11.7 Å². The molecular formula is C21H37N4O3S+. The van der Waals surface area contributed by atoms with Gasteiger partial charge >= 0.3 is 0 Å². The molecule has 164 valence electrons. The van der Waals surface area contributed by atoms with Crippen molar-refractivity contribution in [3.63, 3.8) is 0 Å². The van der Waals surface area contributed by atoms with E-state index in [1.807, 2.05) is 25.6 Å². The number of nitrogens with zero attached hydrogens (tertiary/aromatic N) is 2. The standard InChI is InChI=1S/C21H36N4O3S/c1-14-7-6-8-20(15(14)2)22-21(26)12-24(5)11-19-16(3)23-25(17(19)4)18-9-10-29(27,28)13-18/h14-15,18,20H,6-13H2,1-5H3,(H,22,26)/p+1/t14-,15-,18-,20+/m0/s1. The summed E-state index contributed by atoms with van der Waals surface area (Å²) in [5.41, 5.74) is 3.08. The SMILES string of the molecule is Cc1nn([C@H]2CCS(=O)(=O)C2)c(C)c1C[NH+](C)CC(=O)N[C@@H]1CCC[C@H](C)[C@@H]1C. The number of hydrogen-bond acceptors (Lipinski definition) is 4. The molecule has 1 saturated heterocycles. The predicted octanol–water partition coefficient (Wildman–Crippen LogP) is 0.815. The van der Waals surface area contributed by atoms with E-state index in [9.17, 15) is 13.2 Å². The summed E-state index contributed by atoms with van der Waals surface area (Å²) in [4.78, 5) is 13.7. The van der Waals surface area contributed by atoms with E-state index in [1.54, 1.807) is 0 Å². The van der Waals surface area contributed by atoms with E-state index in [0.29, 0.717) is 31.3 Å². The molecule has 3 rings (SSSR count). The molecule has 7 nitrogen and oxygen atoms in total. The fourth-order valence-electron chi connectivity index (χ4n) is 4.96. The van der Waals surface area contributed by atoms with Crippen molar-refractivity contribution < 1.29 is 18.1 Å². The molecule has 2 aliphatic rings. The van der Waals surface area contributed by atoms with Crippen molar-refractivity contribution in [2.75, 3.05) is 25.1 Å². The van der Waals surface area contributed by atoms with E-state index in [4.69, 9.17) is 0 Å². The number of aryl methyl sites for hydroxylation is 1. The Morgan fingerprint density at radius 2 is 1.97 bits per heavy atom. The quantitative estimate of drug-likeness (QED) is 0.707. The average molecular weight is 426 g/mol. The summed E-state index contributed by atoms with van der Waals surface area (Å²) in [7, 11) is -0.914. The highest BCUT2D eigenvalue weighted by atomic mass is 32.2. The molecule has 0 aromatic carbocycles. The summed E-state index contributed by atoms with van der Waals surface area (Å²) in [6.07, 6.45) is 4.15. The van der Waals surface area contributed by atoms with Crippen molar-refractivity contribution in [2.24, 2.45) is 11.8 Å². The van der Waals surface area contributed by atoms with Gasteiger partial charge in [-0.1, -0.05) is 26.7 Å². The van der Waals surface area contributed by atoms with Gasteiger partial charge < -0.3 is 10.2 Å². The third kappa shape index (κ3) is 5.20. The summed E-state index contributed by atoms with van der Waals surface area (Å²) >= 11 is 0. The van der Waals surface area contributed by atoms with Crippen molar-refractivity contribution in [1.82, 2.24) is 15.1 Å². The molecule has 1 unspecified atom stereocenters. The second-order valence-electron chi connectivity index (χ2n) is 9.40. The number of amides is 1. The van der Waals surface area contributed by atoms with E-state index in [0.717, 1.165) is 28.3 Å². The number of carbonyl (C=O) groups is 1. The first kappa shape index (κ1) is 22.3. The largest absolute Gasteiger partial charge is 0.348 e. The average Bonchev–Trinajstić information content (AvgIpc) is 3.12. The molecule has 0 spiro atoms. The fraction of sp³-hybridized carbons (Fsp3) is 0.810. The Balaban J connectivity index is 1.59. The lowest BCUT2D eigenvalue weighted by Crippen LogP contribution is -3.09. The van der Waals surface area contributed by atoms with Crippen molar-refractivity contribution >= 4 is 15.7 Å². The van der Waals surface area contributed by atoms with Crippen LogP contribution in [0.2, 0.25) is 0 Å². The van der Waals surface area contributed by atoms with Gasteiger partial charge in [0.05, 0.1) is 35.9 Å². The zero-order valence-corrected chi connectivity index (χ0v) is 19.3. The van der Waals surface area contributed by atoms with E-state index in [-0.39, 0.29) is 29.5 Å². The number of carbonyl (C=O) groups excluding carboxylic acids is 1. The summed E-state index contributed by atoms with van der Waals surface area (Å²) in [6, 6.07) is 0.223. The minimum atomic E-state index is -2.94. The molecule has 0 bridgehead atoms. The highest BCUT2D eigenvalue weighted by molar-refractivity contribution is 7.91. The molecule has 29 heavy (non-hydrogen) atoms. The van der Waals surface area contributed by atoms with E-state index < -0.39 is 9.84 Å². The maximum Gasteiger partial charge on any atom is 0.275 e. The first-order valence-electron chi connectivity index (χ1n) is 10.9. The smallest absolute Gasteiger partial charge is 0.275 e. The number of hydrogen-bond donors (Lipinski definition) is 2.